The summed E-state index contributed by atoms with van der Waals surface area (Å²) in [7, 11) is -0.723. The van der Waals surface area contributed by atoms with Gasteiger partial charge in [-0.2, -0.15) is 0 Å². The summed E-state index contributed by atoms with van der Waals surface area (Å²) in [6.45, 7) is 29.2. The highest BCUT2D eigenvalue weighted by Crippen LogP contribution is 2.53. The van der Waals surface area contributed by atoms with E-state index in [9.17, 15) is 0 Å². The van der Waals surface area contributed by atoms with Crippen LogP contribution in [-0.2, 0) is 10.8 Å². The Hall–Kier alpha value is -5.42. The molecule has 0 heterocycles. The predicted octanol–water partition coefficient (Wildman–Crippen LogP) is 16.0. The van der Waals surface area contributed by atoms with Crippen molar-refractivity contribution in [3.8, 4) is 57.1 Å². The van der Waals surface area contributed by atoms with Crippen molar-refractivity contribution < 1.29 is 36.6 Å². The molecule has 0 aliphatic rings. The van der Waals surface area contributed by atoms with Crippen LogP contribution in [0.4, 0.5) is 0 Å². The van der Waals surface area contributed by atoms with Crippen molar-refractivity contribution in [3.63, 3.8) is 0 Å². The maximum Gasteiger partial charge on any atom is 0.530 e. The van der Waals surface area contributed by atoms with Crippen molar-refractivity contribution >= 4 is 17.2 Å². The average Bonchev–Trinajstić information content (AvgIpc) is 3.20. The number of rotatable bonds is 15. The zero-order valence-corrected chi connectivity index (χ0v) is 42.2. The monoisotopic (exact) mass is 902 g/mol. The highest BCUT2D eigenvalue weighted by atomic mass is 31.2. The number of aryl methyl sites for hydroxylation is 8. The second-order valence-corrected chi connectivity index (χ2v) is 20.7. The minimum absolute atomic E-state index is 0.372. The Balaban J connectivity index is 1.52. The van der Waals surface area contributed by atoms with Gasteiger partial charge in [0.15, 0.2) is 0 Å². The van der Waals surface area contributed by atoms with Gasteiger partial charge in [0.2, 0.25) is 0 Å². The summed E-state index contributed by atoms with van der Waals surface area (Å²) in [5.41, 5.74) is 11.0. The highest BCUT2D eigenvalue weighted by molar-refractivity contribution is 7.43. The third-order valence-corrected chi connectivity index (χ3v) is 12.9. The van der Waals surface area contributed by atoms with Gasteiger partial charge in [-0.25, -0.2) is 0 Å². The van der Waals surface area contributed by atoms with Gasteiger partial charge < -0.3 is 36.6 Å². The second-order valence-electron chi connectivity index (χ2n) is 18.7. The van der Waals surface area contributed by atoms with Gasteiger partial charge in [-0.05, 0) is 137 Å². The topological polar surface area (TPSA) is 73.8 Å². The molecule has 0 spiro atoms. The molecular weight excluding hydrogens is 839 g/mol. The zero-order chi connectivity index (χ0) is 46.7. The van der Waals surface area contributed by atoms with E-state index in [1.165, 1.54) is 0 Å². The van der Waals surface area contributed by atoms with Crippen LogP contribution in [0.1, 0.15) is 97.2 Å². The van der Waals surface area contributed by atoms with Gasteiger partial charge in [0.25, 0.3) is 0 Å². The Morgan fingerprint density at radius 2 is 0.562 bits per heavy atom. The molecule has 0 bridgehead atoms. The fraction of sp³-hybridized carbons (Fsp3) is 0.333. The van der Waals surface area contributed by atoms with Crippen molar-refractivity contribution in [2.24, 2.45) is 0 Å². The van der Waals surface area contributed by atoms with Crippen LogP contribution in [0.5, 0.6) is 46.0 Å². The molecule has 10 heteroatoms. The van der Waals surface area contributed by atoms with Crippen LogP contribution in [-0.4, -0.2) is 14.2 Å². The summed E-state index contributed by atoms with van der Waals surface area (Å²) >= 11 is 0. The molecule has 6 rings (SSSR count). The van der Waals surface area contributed by atoms with Crippen LogP contribution in [0.25, 0.3) is 11.1 Å². The summed E-state index contributed by atoms with van der Waals surface area (Å²) in [5.74, 6) is 5.11. The highest BCUT2D eigenvalue weighted by Gasteiger charge is 2.32. The maximum atomic E-state index is 6.99. The molecule has 0 atom stereocenters. The predicted molar refractivity (Wildman–Crippen MR) is 264 cm³/mol. The van der Waals surface area contributed by atoms with E-state index in [0.717, 1.165) is 66.8 Å². The molecule has 0 aliphatic carbocycles. The molecular formula is C54H64O8P2. The van der Waals surface area contributed by atoms with E-state index in [0.29, 0.717) is 46.0 Å². The van der Waals surface area contributed by atoms with Gasteiger partial charge >= 0.3 is 17.2 Å². The molecule has 0 unspecified atom stereocenters. The second kappa shape index (κ2) is 19.8. The van der Waals surface area contributed by atoms with Crippen LogP contribution in [0.3, 0.4) is 0 Å². The van der Waals surface area contributed by atoms with Gasteiger partial charge in [0.05, 0.1) is 14.2 Å². The molecule has 8 nitrogen and oxygen atoms in total. The Morgan fingerprint density at radius 1 is 0.312 bits per heavy atom. The lowest BCUT2D eigenvalue weighted by atomic mass is 9.83. The standard InChI is InChI=1S/C54H64O8P2/c1-33-17-21-45(37(5)25-33)57-63(58-46-22-18-34(2)26-38(46)6)61-51-29-41(49(55-15)31-43(51)53(9,10)11)42-30-52(44(54(12,13)14)32-50(42)56-16)62-64(59-47-23-19-35(3)27-39(47)7)60-48-24-20-36(4)28-40(48)8/h17-32H,1-16H3. The summed E-state index contributed by atoms with van der Waals surface area (Å²) in [5, 5.41) is 0. The van der Waals surface area contributed by atoms with E-state index in [2.05, 4.69) is 93.5 Å². The van der Waals surface area contributed by atoms with Crippen molar-refractivity contribution in [2.75, 3.05) is 14.2 Å². The molecule has 0 radical (unpaired) electrons. The summed E-state index contributed by atoms with van der Waals surface area (Å²) < 4.78 is 53.1. The third-order valence-electron chi connectivity index (χ3n) is 10.9. The van der Waals surface area contributed by atoms with Crippen molar-refractivity contribution in [1.82, 2.24) is 0 Å². The smallest absolute Gasteiger partial charge is 0.496 e. The number of hydrogen-bond acceptors (Lipinski definition) is 8. The lowest BCUT2D eigenvalue weighted by Crippen LogP contribution is -2.15. The molecule has 6 aromatic rings. The van der Waals surface area contributed by atoms with E-state index >= 15 is 0 Å². The first-order valence-corrected chi connectivity index (χ1v) is 23.7. The van der Waals surface area contributed by atoms with Gasteiger partial charge in [-0.15, -0.1) is 0 Å². The van der Waals surface area contributed by atoms with Crippen LogP contribution < -0.4 is 36.6 Å². The molecule has 338 valence electrons. The number of methoxy groups -OCH3 is 2. The molecule has 0 saturated carbocycles. The van der Waals surface area contributed by atoms with Crippen LogP contribution in [0, 0.1) is 55.4 Å². The fourth-order valence-corrected chi connectivity index (χ4v) is 9.71. The SMILES string of the molecule is COc1cc(C(C)(C)C)c(OP(Oc2ccc(C)cc2C)Oc2ccc(C)cc2C)cc1-c1cc(OP(Oc2ccc(C)cc2C)Oc2ccc(C)cc2C)c(C(C)(C)C)cc1OC. The van der Waals surface area contributed by atoms with Crippen molar-refractivity contribution in [2.45, 2.75) is 108 Å². The van der Waals surface area contributed by atoms with Crippen LogP contribution in [0.2, 0.25) is 0 Å². The normalized spacial score (nSPS) is 11.7. The summed E-state index contributed by atoms with van der Waals surface area (Å²) in [6, 6.07) is 32.4. The van der Waals surface area contributed by atoms with E-state index in [-0.39, 0.29) is 10.8 Å². The molecule has 0 aromatic heterocycles. The molecule has 0 fully saturated rings. The molecule has 0 saturated heterocycles. The van der Waals surface area contributed by atoms with Gasteiger partial charge in [0, 0.05) is 22.3 Å². The first-order valence-electron chi connectivity index (χ1n) is 21.6. The van der Waals surface area contributed by atoms with E-state index in [4.69, 9.17) is 36.6 Å². The molecule has 0 aliphatic heterocycles. The number of ether oxygens (including phenoxy) is 2. The summed E-state index contributed by atoms with van der Waals surface area (Å²) in [4.78, 5) is 0. The van der Waals surface area contributed by atoms with Crippen LogP contribution in [0.15, 0.2) is 97.1 Å². The maximum absolute atomic E-state index is 6.99. The quantitative estimate of drug-likeness (QED) is 0.0944. The van der Waals surface area contributed by atoms with Gasteiger partial charge in [0.1, 0.15) is 46.0 Å². The molecule has 0 amide bonds. The third kappa shape index (κ3) is 11.6. The van der Waals surface area contributed by atoms with Crippen LogP contribution >= 0.6 is 17.2 Å². The van der Waals surface area contributed by atoms with Gasteiger partial charge in [-0.1, -0.05) is 112 Å². The number of benzene rings is 6. The van der Waals surface area contributed by atoms with Crippen molar-refractivity contribution in [1.29, 1.82) is 0 Å². The average molecular weight is 903 g/mol. The molecule has 64 heavy (non-hydrogen) atoms. The Labute approximate surface area is 384 Å². The lowest BCUT2D eigenvalue weighted by Gasteiger charge is -2.29. The first kappa shape index (κ1) is 48.0. The van der Waals surface area contributed by atoms with Gasteiger partial charge in [-0.3, -0.25) is 0 Å². The first-order chi connectivity index (χ1) is 30.1. The Bertz CT molecular complexity index is 2340. The lowest BCUT2D eigenvalue weighted by molar-refractivity contribution is 0.375. The minimum atomic E-state index is -2.04. The Morgan fingerprint density at radius 3 is 0.781 bits per heavy atom. The van der Waals surface area contributed by atoms with E-state index in [1.807, 2.05) is 100 Å². The fourth-order valence-electron chi connectivity index (χ4n) is 7.40. The Kier molecular flexibility index (Phi) is 14.8. The largest absolute Gasteiger partial charge is 0.530 e. The van der Waals surface area contributed by atoms with E-state index < -0.39 is 17.2 Å². The molecule has 6 aromatic carbocycles. The number of hydrogen-bond donors (Lipinski definition) is 0. The minimum Gasteiger partial charge on any atom is -0.496 e. The van der Waals surface area contributed by atoms with Crippen molar-refractivity contribution in [3.05, 3.63) is 153 Å². The summed E-state index contributed by atoms with van der Waals surface area (Å²) in [6.07, 6.45) is 0. The zero-order valence-electron chi connectivity index (χ0n) is 40.4. The van der Waals surface area contributed by atoms with E-state index in [1.54, 1.807) is 14.2 Å². The molecule has 0 N–H and O–H groups in total.